The number of Topliss-reactive ketones (excluding diaryl/α,β-unsaturated/α-hetero) is 1. The molecule has 0 aliphatic heterocycles. The molecule has 1 rings (SSSR count). The van der Waals surface area contributed by atoms with Gasteiger partial charge in [-0.15, -0.1) is 11.6 Å². The molecule has 0 heterocycles. The van der Waals surface area contributed by atoms with E-state index in [1.807, 2.05) is 32.0 Å². The van der Waals surface area contributed by atoms with E-state index in [0.717, 1.165) is 16.7 Å². The van der Waals surface area contributed by atoms with Crippen molar-refractivity contribution in [1.29, 1.82) is 0 Å². The molecule has 0 saturated heterocycles. The van der Waals surface area contributed by atoms with Crippen molar-refractivity contribution in [3.05, 3.63) is 34.9 Å². The smallest absolute Gasteiger partial charge is 0.162 e. The monoisotopic (exact) mass is 196 g/mol. The van der Waals surface area contributed by atoms with E-state index in [9.17, 15) is 4.79 Å². The molecular formula is C11H13ClO. The maximum absolute atomic E-state index is 11.4. The highest BCUT2D eigenvalue weighted by Crippen LogP contribution is 2.15. The largest absolute Gasteiger partial charge is 0.294 e. The molecule has 0 radical (unpaired) electrons. The van der Waals surface area contributed by atoms with Gasteiger partial charge < -0.3 is 0 Å². The van der Waals surface area contributed by atoms with Gasteiger partial charge in [-0.05, 0) is 12.5 Å². The van der Waals surface area contributed by atoms with Crippen molar-refractivity contribution < 1.29 is 4.79 Å². The number of carbonyl (C=O) groups excluding carboxylic acids is 1. The zero-order valence-electron chi connectivity index (χ0n) is 7.93. The average molecular weight is 197 g/mol. The summed E-state index contributed by atoms with van der Waals surface area (Å²) in [7, 11) is 0. The Morgan fingerprint density at radius 1 is 1.46 bits per heavy atom. The molecule has 1 aromatic carbocycles. The van der Waals surface area contributed by atoms with E-state index in [1.54, 1.807) is 0 Å². The van der Waals surface area contributed by atoms with Crippen LogP contribution in [0.2, 0.25) is 0 Å². The summed E-state index contributed by atoms with van der Waals surface area (Å²) in [6.07, 6.45) is 0.535. The van der Waals surface area contributed by atoms with Gasteiger partial charge in [-0.1, -0.05) is 30.7 Å². The first-order valence-electron chi connectivity index (χ1n) is 4.37. The average Bonchev–Trinajstić information content (AvgIpc) is 2.16. The minimum atomic E-state index is 0.163. The summed E-state index contributed by atoms with van der Waals surface area (Å²) >= 11 is 5.75. The van der Waals surface area contributed by atoms with Gasteiger partial charge in [0.25, 0.3) is 0 Å². The molecule has 0 fully saturated rings. The molecule has 0 aliphatic rings. The topological polar surface area (TPSA) is 17.1 Å². The molecule has 0 atom stereocenters. The second kappa shape index (κ2) is 4.43. The van der Waals surface area contributed by atoms with Gasteiger partial charge in [0.2, 0.25) is 0 Å². The first-order valence-corrected chi connectivity index (χ1v) is 4.91. The zero-order chi connectivity index (χ0) is 9.84. The van der Waals surface area contributed by atoms with E-state index in [4.69, 9.17) is 11.6 Å². The standard InChI is InChI=1S/C11H13ClO/c1-3-11(13)10-5-4-8(2)6-9(10)7-12/h4-6H,3,7H2,1-2H3. The van der Waals surface area contributed by atoms with Gasteiger partial charge in [-0.2, -0.15) is 0 Å². The third-order valence-electron chi connectivity index (χ3n) is 2.03. The fraction of sp³-hybridized carbons (Fsp3) is 0.364. The number of rotatable bonds is 3. The summed E-state index contributed by atoms with van der Waals surface area (Å²) < 4.78 is 0. The van der Waals surface area contributed by atoms with E-state index in [-0.39, 0.29) is 5.78 Å². The second-order valence-corrected chi connectivity index (χ2v) is 3.34. The Morgan fingerprint density at radius 2 is 2.15 bits per heavy atom. The van der Waals surface area contributed by atoms with E-state index in [0.29, 0.717) is 12.3 Å². The Kier molecular flexibility index (Phi) is 3.49. The van der Waals surface area contributed by atoms with Crippen LogP contribution in [0.25, 0.3) is 0 Å². The summed E-state index contributed by atoms with van der Waals surface area (Å²) in [4.78, 5) is 11.4. The van der Waals surface area contributed by atoms with Crippen molar-refractivity contribution in [3.8, 4) is 0 Å². The van der Waals surface area contributed by atoms with E-state index >= 15 is 0 Å². The first-order chi connectivity index (χ1) is 6.19. The maximum Gasteiger partial charge on any atom is 0.162 e. The molecule has 0 unspecified atom stereocenters. The highest BCUT2D eigenvalue weighted by molar-refractivity contribution is 6.17. The fourth-order valence-corrected chi connectivity index (χ4v) is 1.52. The summed E-state index contributed by atoms with van der Waals surface area (Å²) in [5.74, 6) is 0.568. The van der Waals surface area contributed by atoms with Crippen LogP contribution in [-0.4, -0.2) is 5.78 Å². The number of aryl methyl sites for hydroxylation is 1. The number of hydrogen-bond acceptors (Lipinski definition) is 1. The molecular weight excluding hydrogens is 184 g/mol. The van der Waals surface area contributed by atoms with Crippen LogP contribution in [0.5, 0.6) is 0 Å². The van der Waals surface area contributed by atoms with Crippen LogP contribution < -0.4 is 0 Å². The lowest BCUT2D eigenvalue weighted by molar-refractivity contribution is 0.0987. The minimum Gasteiger partial charge on any atom is -0.294 e. The number of alkyl halides is 1. The second-order valence-electron chi connectivity index (χ2n) is 3.07. The molecule has 2 heteroatoms. The SMILES string of the molecule is CCC(=O)c1ccc(C)cc1CCl. The van der Waals surface area contributed by atoms with Crippen LogP contribution in [0, 0.1) is 6.92 Å². The number of carbonyl (C=O) groups is 1. The molecule has 1 nitrogen and oxygen atoms in total. The molecule has 70 valence electrons. The Balaban J connectivity index is 3.13. The van der Waals surface area contributed by atoms with Gasteiger partial charge in [-0.3, -0.25) is 4.79 Å². The Bertz CT molecular complexity index is 318. The summed E-state index contributed by atoms with van der Waals surface area (Å²) in [6, 6.07) is 5.77. The Morgan fingerprint density at radius 3 is 2.69 bits per heavy atom. The summed E-state index contributed by atoms with van der Waals surface area (Å²) in [6.45, 7) is 3.86. The number of hydrogen-bond donors (Lipinski definition) is 0. The van der Waals surface area contributed by atoms with Gasteiger partial charge in [0, 0.05) is 17.9 Å². The van der Waals surface area contributed by atoms with Crippen LogP contribution in [0.4, 0.5) is 0 Å². The van der Waals surface area contributed by atoms with E-state index in [1.165, 1.54) is 0 Å². The van der Waals surface area contributed by atoms with Crippen LogP contribution >= 0.6 is 11.6 Å². The van der Waals surface area contributed by atoms with Gasteiger partial charge in [0.15, 0.2) is 5.78 Å². The van der Waals surface area contributed by atoms with Gasteiger partial charge in [-0.25, -0.2) is 0 Å². The quantitative estimate of drug-likeness (QED) is 0.536. The lowest BCUT2D eigenvalue weighted by atomic mass is 10.0. The summed E-state index contributed by atoms with van der Waals surface area (Å²) in [5, 5.41) is 0. The number of halogens is 1. The molecule has 0 spiro atoms. The van der Waals surface area contributed by atoms with Crippen molar-refractivity contribution in [2.75, 3.05) is 0 Å². The van der Waals surface area contributed by atoms with Crippen molar-refractivity contribution >= 4 is 17.4 Å². The lowest BCUT2D eigenvalue weighted by Crippen LogP contribution is -2.01. The molecule has 0 amide bonds. The Labute approximate surface area is 83.7 Å². The third-order valence-corrected chi connectivity index (χ3v) is 2.31. The lowest BCUT2D eigenvalue weighted by Gasteiger charge is -2.05. The first kappa shape index (κ1) is 10.3. The van der Waals surface area contributed by atoms with Crippen molar-refractivity contribution in [2.45, 2.75) is 26.1 Å². The fourth-order valence-electron chi connectivity index (χ4n) is 1.30. The van der Waals surface area contributed by atoms with E-state index < -0.39 is 0 Å². The molecule has 1 aromatic rings. The zero-order valence-corrected chi connectivity index (χ0v) is 8.69. The molecule has 0 saturated carbocycles. The molecule has 0 N–H and O–H groups in total. The Hall–Kier alpha value is -0.820. The minimum absolute atomic E-state index is 0.163. The maximum atomic E-state index is 11.4. The number of benzene rings is 1. The molecule has 0 bridgehead atoms. The van der Waals surface area contributed by atoms with Crippen molar-refractivity contribution in [3.63, 3.8) is 0 Å². The van der Waals surface area contributed by atoms with Crippen LogP contribution in [0.15, 0.2) is 18.2 Å². The predicted octanol–water partition coefficient (Wildman–Crippen LogP) is 3.33. The van der Waals surface area contributed by atoms with Crippen LogP contribution in [0.3, 0.4) is 0 Å². The highest BCUT2D eigenvalue weighted by Gasteiger charge is 2.08. The highest BCUT2D eigenvalue weighted by atomic mass is 35.5. The van der Waals surface area contributed by atoms with Crippen molar-refractivity contribution in [2.24, 2.45) is 0 Å². The van der Waals surface area contributed by atoms with Crippen LogP contribution in [-0.2, 0) is 5.88 Å². The third kappa shape index (κ3) is 2.31. The molecule has 0 aromatic heterocycles. The van der Waals surface area contributed by atoms with E-state index in [2.05, 4.69) is 0 Å². The normalized spacial score (nSPS) is 10.1. The summed E-state index contributed by atoms with van der Waals surface area (Å²) in [5.41, 5.74) is 2.85. The van der Waals surface area contributed by atoms with Gasteiger partial charge in [0.05, 0.1) is 0 Å². The van der Waals surface area contributed by atoms with Crippen LogP contribution in [0.1, 0.15) is 34.8 Å². The van der Waals surface area contributed by atoms with Gasteiger partial charge >= 0.3 is 0 Å². The predicted molar refractivity (Wildman–Crippen MR) is 55.4 cm³/mol. The number of ketones is 1. The van der Waals surface area contributed by atoms with Crippen molar-refractivity contribution in [1.82, 2.24) is 0 Å². The molecule has 0 aliphatic carbocycles. The van der Waals surface area contributed by atoms with Gasteiger partial charge in [0.1, 0.15) is 0 Å². The molecule has 13 heavy (non-hydrogen) atoms.